The van der Waals surface area contributed by atoms with Crippen LogP contribution in [0.4, 0.5) is 0 Å². The highest BCUT2D eigenvalue weighted by Gasteiger charge is 2.23. The number of carbonyl (C=O) groups excluding carboxylic acids is 1. The van der Waals surface area contributed by atoms with Crippen molar-refractivity contribution >= 4 is 5.91 Å². The number of aliphatic hydroxyl groups excluding tert-OH is 1. The van der Waals surface area contributed by atoms with E-state index in [1.165, 1.54) is 0 Å². The SMILES string of the molecule is CCOC[C@@H](O)CN1CCN(C(=O)c2ccc(C)c(OC)c2)CC1. The van der Waals surface area contributed by atoms with Crippen LogP contribution in [0.3, 0.4) is 0 Å². The minimum Gasteiger partial charge on any atom is -0.496 e. The van der Waals surface area contributed by atoms with Crippen molar-refractivity contribution in [3.63, 3.8) is 0 Å². The molecule has 0 bridgehead atoms. The minimum atomic E-state index is -0.478. The smallest absolute Gasteiger partial charge is 0.254 e. The Kier molecular flexibility index (Phi) is 7.02. The molecule has 24 heavy (non-hydrogen) atoms. The summed E-state index contributed by atoms with van der Waals surface area (Å²) in [5.74, 6) is 0.765. The summed E-state index contributed by atoms with van der Waals surface area (Å²) in [5.41, 5.74) is 1.67. The molecule has 0 aliphatic carbocycles. The van der Waals surface area contributed by atoms with E-state index in [9.17, 15) is 9.90 Å². The Morgan fingerprint density at radius 2 is 2.00 bits per heavy atom. The lowest BCUT2D eigenvalue weighted by Crippen LogP contribution is -2.50. The third kappa shape index (κ3) is 4.93. The van der Waals surface area contributed by atoms with Crippen molar-refractivity contribution < 1.29 is 19.4 Å². The molecule has 1 heterocycles. The van der Waals surface area contributed by atoms with E-state index < -0.39 is 6.10 Å². The summed E-state index contributed by atoms with van der Waals surface area (Å²) in [4.78, 5) is 16.7. The molecule has 1 aromatic carbocycles. The molecule has 0 radical (unpaired) electrons. The maximum Gasteiger partial charge on any atom is 0.254 e. The van der Waals surface area contributed by atoms with Gasteiger partial charge in [0.15, 0.2) is 0 Å². The first-order valence-corrected chi connectivity index (χ1v) is 8.47. The number of methoxy groups -OCH3 is 1. The minimum absolute atomic E-state index is 0.0304. The lowest BCUT2D eigenvalue weighted by molar-refractivity contribution is 0.0111. The number of carbonyl (C=O) groups is 1. The second kappa shape index (κ2) is 9.01. The van der Waals surface area contributed by atoms with Gasteiger partial charge in [-0.2, -0.15) is 0 Å². The van der Waals surface area contributed by atoms with Gasteiger partial charge in [0.25, 0.3) is 5.91 Å². The molecular weight excluding hydrogens is 308 g/mol. The molecular formula is C18H28N2O4. The number of ether oxygens (including phenoxy) is 2. The van der Waals surface area contributed by atoms with E-state index in [2.05, 4.69) is 4.90 Å². The van der Waals surface area contributed by atoms with E-state index in [1.807, 2.05) is 30.9 Å². The Hall–Kier alpha value is -1.63. The van der Waals surface area contributed by atoms with E-state index in [0.29, 0.717) is 38.4 Å². The number of piperazine rings is 1. The van der Waals surface area contributed by atoms with Crippen molar-refractivity contribution in [3.8, 4) is 5.75 Å². The molecule has 1 aliphatic heterocycles. The number of β-amino-alcohol motifs (C(OH)–C–C–N with tert-alkyl or cyclic N) is 1. The Bertz CT molecular complexity index is 542. The van der Waals surface area contributed by atoms with Crippen molar-refractivity contribution in [2.24, 2.45) is 0 Å². The summed E-state index contributed by atoms with van der Waals surface area (Å²) in [6, 6.07) is 5.56. The summed E-state index contributed by atoms with van der Waals surface area (Å²) in [5, 5.41) is 9.91. The van der Waals surface area contributed by atoms with Gasteiger partial charge in [0.05, 0.1) is 19.8 Å². The molecule has 0 aromatic heterocycles. The molecule has 6 nitrogen and oxygen atoms in total. The van der Waals surface area contributed by atoms with Crippen molar-refractivity contribution in [1.82, 2.24) is 9.80 Å². The van der Waals surface area contributed by atoms with Crippen LogP contribution in [-0.2, 0) is 4.74 Å². The summed E-state index contributed by atoms with van der Waals surface area (Å²) in [6.07, 6.45) is -0.478. The lowest BCUT2D eigenvalue weighted by atomic mass is 10.1. The number of hydrogen-bond donors (Lipinski definition) is 1. The third-order valence-electron chi connectivity index (χ3n) is 4.30. The van der Waals surface area contributed by atoms with Crippen LogP contribution in [0.5, 0.6) is 5.75 Å². The largest absolute Gasteiger partial charge is 0.496 e. The zero-order chi connectivity index (χ0) is 17.5. The molecule has 0 unspecified atom stereocenters. The van der Waals surface area contributed by atoms with E-state index in [1.54, 1.807) is 13.2 Å². The second-order valence-electron chi connectivity index (χ2n) is 6.09. The second-order valence-corrected chi connectivity index (χ2v) is 6.09. The monoisotopic (exact) mass is 336 g/mol. The number of benzene rings is 1. The molecule has 6 heteroatoms. The molecule has 0 saturated carbocycles. The average molecular weight is 336 g/mol. The van der Waals surface area contributed by atoms with Crippen LogP contribution in [0.15, 0.2) is 18.2 Å². The fourth-order valence-electron chi connectivity index (χ4n) is 2.87. The highest BCUT2D eigenvalue weighted by atomic mass is 16.5. The number of amides is 1. The molecule has 1 saturated heterocycles. The molecule has 2 rings (SSSR count). The van der Waals surface area contributed by atoms with Gasteiger partial charge in [0.2, 0.25) is 0 Å². The van der Waals surface area contributed by atoms with Crippen LogP contribution in [0.25, 0.3) is 0 Å². The van der Waals surface area contributed by atoms with Crippen LogP contribution in [0.1, 0.15) is 22.8 Å². The third-order valence-corrected chi connectivity index (χ3v) is 4.30. The van der Waals surface area contributed by atoms with Crippen molar-refractivity contribution in [2.75, 3.05) is 53.0 Å². The quantitative estimate of drug-likeness (QED) is 0.810. The Balaban J connectivity index is 1.86. The number of aryl methyl sites for hydroxylation is 1. The van der Waals surface area contributed by atoms with E-state index in [-0.39, 0.29) is 5.91 Å². The molecule has 1 aliphatic rings. The first-order chi connectivity index (χ1) is 11.5. The van der Waals surface area contributed by atoms with E-state index in [0.717, 1.165) is 24.4 Å². The van der Waals surface area contributed by atoms with Crippen molar-refractivity contribution in [2.45, 2.75) is 20.0 Å². The first kappa shape index (κ1) is 18.7. The summed E-state index contributed by atoms with van der Waals surface area (Å²) in [7, 11) is 1.61. The summed E-state index contributed by atoms with van der Waals surface area (Å²) < 4.78 is 10.5. The van der Waals surface area contributed by atoms with Crippen LogP contribution in [0, 0.1) is 6.92 Å². The maximum absolute atomic E-state index is 12.6. The first-order valence-electron chi connectivity index (χ1n) is 8.47. The molecule has 1 amide bonds. The highest BCUT2D eigenvalue weighted by Crippen LogP contribution is 2.20. The number of hydrogen-bond acceptors (Lipinski definition) is 5. The van der Waals surface area contributed by atoms with Gasteiger partial charge in [-0.15, -0.1) is 0 Å². The van der Waals surface area contributed by atoms with Crippen LogP contribution >= 0.6 is 0 Å². The predicted molar refractivity (Wildman–Crippen MR) is 92.6 cm³/mol. The van der Waals surface area contributed by atoms with Crippen LogP contribution < -0.4 is 4.74 Å². The topological polar surface area (TPSA) is 62.2 Å². The van der Waals surface area contributed by atoms with Gasteiger partial charge >= 0.3 is 0 Å². The maximum atomic E-state index is 12.6. The Morgan fingerprint density at radius 1 is 1.29 bits per heavy atom. The number of aliphatic hydroxyl groups is 1. The summed E-state index contributed by atoms with van der Waals surface area (Å²) in [6.45, 7) is 8.28. The molecule has 1 atom stereocenters. The van der Waals surface area contributed by atoms with Crippen molar-refractivity contribution in [1.29, 1.82) is 0 Å². The molecule has 1 aromatic rings. The zero-order valence-corrected chi connectivity index (χ0v) is 14.8. The zero-order valence-electron chi connectivity index (χ0n) is 14.8. The molecule has 0 spiro atoms. The number of nitrogens with zero attached hydrogens (tertiary/aromatic N) is 2. The Labute approximate surface area is 144 Å². The average Bonchev–Trinajstić information content (AvgIpc) is 2.60. The van der Waals surface area contributed by atoms with Gasteiger partial charge in [-0.1, -0.05) is 6.07 Å². The normalized spacial score (nSPS) is 16.9. The van der Waals surface area contributed by atoms with Crippen LogP contribution in [-0.4, -0.2) is 80.0 Å². The van der Waals surface area contributed by atoms with Gasteiger partial charge in [-0.05, 0) is 31.5 Å². The van der Waals surface area contributed by atoms with Gasteiger partial charge in [-0.3, -0.25) is 9.69 Å². The fourth-order valence-corrected chi connectivity index (χ4v) is 2.87. The van der Waals surface area contributed by atoms with Crippen molar-refractivity contribution in [3.05, 3.63) is 29.3 Å². The molecule has 1 fully saturated rings. The van der Waals surface area contributed by atoms with E-state index in [4.69, 9.17) is 9.47 Å². The fraction of sp³-hybridized carbons (Fsp3) is 0.611. The summed E-state index contributed by atoms with van der Waals surface area (Å²) >= 11 is 0. The lowest BCUT2D eigenvalue weighted by Gasteiger charge is -2.35. The standard InChI is InChI=1S/C18H28N2O4/c1-4-24-13-16(21)12-19-7-9-20(10-8-19)18(22)15-6-5-14(2)17(11-15)23-3/h5-6,11,16,21H,4,7-10,12-13H2,1-3H3/t16-/m0/s1. The molecule has 1 N–H and O–H groups in total. The van der Waals surface area contributed by atoms with E-state index >= 15 is 0 Å². The predicted octanol–water partition coefficient (Wildman–Crippen LogP) is 1.16. The van der Waals surface area contributed by atoms with Gasteiger partial charge in [-0.25, -0.2) is 0 Å². The van der Waals surface area contributed by atoms with Gasteiger partial charge in [0.1, 0.15) is 5.75 Å². The van der Waals surface area contributed by atoms with Gasteiger partial charge in [0, 0.05) is 44.9 Å². The molecule has 134 valence electrons. The number of rotatable bonds is 7. The highest BCUT2D eigenvalue weighted by molar-refractivity contribution is 5.94. The van der Waals surface area contributed by atoms with Crippen LogP contribution in [0.2, 0.25) is 0 Å². The Morgan fingerprint density at radius 3 is 2.62 bits per heavy atom. The van der Waals surface area contributed by atoms with Gasteiger partial charge < -0.3 is 19.5 Å².